The molecule has 2 aromatic rings. The zero-order valence-corrected chi connectivity index (χ0v) is 14.1. The fraction of sp³-hybridized carbons (Fsp3) is 0.211. The van der Waals surface area contributed by atoms with Gasteiger partial charge >= 0.3 is 0 Å². The van der Waals surface area contributed by atoms with Crippen LogP contribution in [0.4, 0.5) is 0 Å². The highest BCUT2D eigenvalue weighted by Gasteiger charge is 2.39. The molecule has 0 spiro atoms. The first-order chi connectivity index (χ1) is 12.3. The summed E-state index contributed by atoms with van der Waals surface area (Å²) in [6.07, 6.45) is 0.531. The molecule has 0 saturated carbocycles. The van der Waals surface area contributed by atoms with Crippen LogP contribution in [0.5, 0.6) is 23.0 Å². The summed E-state index contributed by atoms with van der Waals surface area (Å²) >= 11 is 0. The number of hydrogen-bond acceptors (Lipinski definition) is 7. The number of ketones is 3. The smallest absolute Gasteiger partial charge is 0.202 e. The van der Waals surface area contributed by atoms with Crippen LogP contribution in [0.2, 0.25) is 0 Å². The lowest BCUT2D eigenvalue weighted by Gasteiger charge is -2.22. The maximum Gasteiger partial charge on any atom is 0.202 e. The van der Waals surface area contributed by atoms with Gasteiger partial charge in [-0.2, -0.15) is 0 Å². The predicted molar refractivity (Wildman–Crippen MR) is 90.5 cm³/mol. The van der Waals surface area contributed by atoms with Crippen molar-refractivity contribution in [1.29, 1.82) is 0 Å². The normalized spacial score (nSPS) is 12.5. The number of phenols is 3. The zero-order chi connectivity index (χ0) is 19.2. The molecule has 7 nitrogen and oxygen atoms in total. The number of aromatic hydroxyl groups is 3. The van der Waals surface area contributed by atoms with Crippen molar-refractivity contribution >= 4 is 17.3 Å². The Balaban J connectivity index is 2.37. The van der Waals surface area contributed by atoms with Gasteiger partial charge in [0.05, 0.1) is 29.4 Å². The highest BCUT2D eigenvalue weighted by molar-refractivity contribution is 6.33. The van der Waals surface area contributed by atoms with Gasteiger partial charge in [-0.15, -0.1) is 0 Å². The Hall–Kier alpha value is -3.35. The van der Waals surface area contributed by atoms with Crippen LogP contribution in [0.3, 0.4) is 0 Å². The van der Waals surface area contributed by atoms with Gasteiger partial charge in [0.25, 0.3) is 0 Å². The lowest BCUT2D eigenvalue weighted by atomic mass is 9.79. The lowest BCUT2D eigenvalue weighted by molar-refractivity contribution is 0.0951. The van der Waals surface area contributed by atoms with Gasteiger partial charge in [-0.05, 0) is 12.5 Å². The molecule has 1 aliphatic carbocycles. The molecule has 0 fully saturated rings. The molecule has 2 aromatic carbocycles. The Labute approximate surface area is 148 Å². The van der Waals surface area contributed by atoms with Gasteiger partial charge in [0.15, 0.2) is 11.6 Å². The molecule has 0 amide bonds. The molecule has 0 bridgehead atoms. The van der Waals surface area contributed by atoms with Gasteiger partial charge in [0.2, 0.25) is 5.78 Å². The Bertz CT molecular complexity index is 973. The number of ether oxygens (including phenoxy) is 1. The van der Waals surface area contributed by atoms with E-state index in [0.29, 0.717) is 6.42 Å². The third-order valence-corrected chi connectivity index (χ3v) is 4.29. The second-order valence-corrected chi connectivity index (χ2v) is 5.94. The molecule has 134 valence electrons. The Morgan fingerprint density at radius 1 is 0.923 bits per heavy atom. The number of methoxy groups -OCH3 is 1. The van der Waals surface area contributed by atoms with Gasteiger partial charge < -0.3 is 20.1 Å². The molecular formula is C19H16O7. The fourth-order valence-electron chi connectivity index (χ4n) is 3.14. The van der Waals surface area contributed by atoms with Gasteiger partial charge in [-0.3, -0.25) is 14.4 Å². The van der Waals surface area contributed by atoms with Crippen molar-refractivity contribution in [3.05, 3.63) is 46.0 Å². The SMILES string of the molecule is CCCC(=O)c1c(O)cc(O)c2c1C(=O)c1cc(OC)cc(O)c1C2=O. The van der Waals surface area contributed by atoms with Crippen molar-refractivity contribution in [2.75, 3.05) is 7.11 Å². The van der Waals surface area contributed by atoms with Crippen LogP contribution in [0.15, 0.2) is 18.2 Å². The minimum absolute atomic E-state index is 0.0580. The predicted octanol–water partition coefficient (Wildman–Crippen LogP) is 2.57. The standard InChI is InChI=1S/C19H16O7/c1-3-4-10(20)15-12(22)7-13(23)16-17(15)18(24)9-5-8(26-2)6-11(21)14(9)19(16)25/h5-7,21-23H,3-4H2,1-2H3. The van der Waals surface area contributed by atoms with Crippen molar-refractivity contribution in [3.63, 3.8) is 0 Å². The minimum Gasteiger partial charge on any atom is -0.507 e. The molecule has 26 heavy (non-hydrogen) atoms. The van der Waals surface area contributed by atoms with Gasteiger partial charge in [0.1, 0.15) is 23.0 Å². The Kier molecular flexibility index (Phi) is 4.15. The maximum atomic E-state index is 13.0. The molecule has 0 aliphatic heterocycles. The van der Waals surface area contributed by atoms with Crippen LogP contribution in [-0.2, 0) is 0 Å². The summed E-state index contributed by atoms with van der Waals surface area (Å²) in [6.45, 7) is 1.76. The molecule has 7 heteroatoms. The molecule has 3 rings (SSSR count). The van der Waals surface area contributed by atoms with E-state index in [4.69, 9.17) is 4.74 Å². The van der Waals surface area contributed by atoms with Crippen LogP contribution in [0.1, 0.15) is 62.0 Å². The van der Waals surface area contributed by atoms with Crippen LogP contribution in [0.25, 0.3) is 0 Å². The van der Waals surface area contributed by atoms with E-state index in [9.17, 15) is 29.7 Å². The summed E-state index contributed by atoms with van der Waals surface area (Å²) in [7, 11) is 1.33. The van der Waals surface area contributed by atoms with Crippen molar-refractivity contribution < 1.29 is 34.4 Å². The van der Waals surface area contributed by atoms with Gasteiger partial charge in [0, 0.05) is 24.1 Å². The van der Waals surface area contributed by atoms with Crippen LogP contribution < -0.4 is 4.74 Å². The number of rotatable bonds is 4. The molecule has 1 aliphatic rings. The highest BCUT2D eigenvalue weighted by Crippen LogP contribution is 2.43. The third kappa shape index (κ3) is 2.40. The number of carbonyl (C=O) groups excluding carboxylic acids is 3. The average molecular weight is 356 g/mol. The quantitative estimate of drug-likeness (QED) is 0.614. The van der Waals surface area contributed by atoms with Crippen LogP contribution in [0, 0.1) is 0 Å². The summed E-state index contributed by atoms with van der Waals surface area (Å²) in [5, 5.41) is 30.4. The largest absolute Gasteiger partial charge is 0.507 e. The summed E-state index contributed by atoms with van der Waals surface area (Å²) in [6, 6.07) is 3.31. The van der Waals surface area contributed by atoms with Crippen LogP contribution >= 0.6 is 0 Å². The van der Waals surface area contributed by atoms with Gasteiger partial charge in [-0.1, -0.05) is 6.92 Å². The number of benzene rings is 2. The number of fused-ring (bicyclic) bond motifs is 2. The van der Waals surface area contributed by atoms with E-state index in [1.165, 1.54) is 19.2 Å². The number of hydrogen-bond donors (Lipinski definition) is 3. The molecule has 0 radical (unpaired) electrons. The van der Waals surface area contributed by atoms with Crippen molar-refractivity contribution in [2.45, 2.75) is 19.8 Å². The van der Waals surface area contributed by atoms with E-state index >= 15 is 0 Å². The zero-order valence-electron chi connectivity index (χ0n) is 14.1. The Morgan fingerprint density at radius 2 is 1.58 bits per heavy atom. The van der Waals surface area contributed by atoms with Crippen molar-refractivity contribution in [3.8, 4) is 23.0 Å². The molecule has 0 unspecified atom stereocenters. The second-order valence-electron chi connectivity index (χ2n) is 5.94. The molecular weight excluding hydrogens is 340 g/mol. The fourth-order valence-corrected chi connectivity index (χ4v) is 3.14. The van der Waals surface area contributed by atoms with Crippen LogP contribution in [-0.4, -0.2) is 39.8 Å². The monoisotopic (exact) mass is 356 g/mol. The topological polar surface area (TPSA) is 121 Å². The van der Waals surface area contributed by atoms with E-state index in [2.05, 4.69) is 0 Å². The summed E-state index contributed by atoms with van der Waals surface area (Å²) in [4.78, 5) is 38.3. The van der Waals surface area contributed by atoms with Crippen molar-refractivity contribution in [2.24, 2.45) is 0 Å². The summed E-state index contributed by atoms with van der Waals surface area (Å²) < 4.78 is 5.01. The highest BCUT2D eigenvalue weighted by atomic mass is 16.5. The lowest BCUT2D eigenvalue weighted by Crippen LogP contribution is -2.24. The minimum atomic E-state index is -0.808. The summed E-state index contributed by atoms with van der Waals surface area (Å²) in [5.74, 6) is -3.61. The molecule has 0 aromatic heterocycles. The molecule has 0 heterocycles. The van der Waals surface area contributed by atoms with Crippen molar-refractivity contribution in [1.82, 2.24) is 0 Å². The first kappa shape index (κ1) is 17.5. The van der Waals surface area contributed by atoms with E-state index in [1.807, 2.05) is 0 Å². The number of carbonyl (C=O) groups is 3. The van der Waals surface area contributed by atoms with Gasteiger partial charge in [-0.25, -0.2) is 0 Å². The van der Waals surface area contributed by atoms with E-state index in [-0.39, 0.29) is 34.4 Å². The summed E-state index contributed by atoms with van der Waals surface area (Å²) in [5.41, 5.74) is -1.50. The second kappa shape index (κ2) is 6.18. The maximum absolute atomic E-state index is 13.0. The first-order valence-electron chi connectivity index (χ1n) is 7.94. The van der Waals surface area contributed by atoms with E-state index in [0.717, 1.165) is 6.07 Å². The average Bonchev–Trinajstić information content (AvgIpc) is 2.58. The number of Topliss-reactive ketones (excluding diaryl/α,β-unsaturated/α-hetero) is 1. The van der Waals surface area contributed by atoms with E-state index in [1.54, 1.807) is 6.92 Å². The van der Waals surface area contributed by atoms with E-state index < -0.39 is 40.2 Å². The Morgan fingerprint density at radius 3 is 2.19 bits per heavy atom. The number of phenolic OH excluding ortho intramolecular Hbond substituents is 3. The molecule has 0 atom stereocenters. The molecule has 0 saturated heterocycles. The molecule has 3 N–H and O–H groups in total. The first-order valence-corrected chi connectivity index (χ1v) is 7.94. The third-order valence-electron chi connectivity index (χ3n) is 4.29.